The Balaban J connectivity index is 1.81. The van der Waals surface area contributed by atoms with Gasteiger partial charge in [-0.15, -0.1) is 0 Å². The maximum Gasteiger partial charge on any atom is 0.262 e. The Labute approximate surface area is 176 Å². The predicted octanol–water partition coefficient (Wildman–Crippen LogP) is 1.81. The first-order chi connectivity index (χ1) is 14.3. The van der Waals surface area contributed by atoms with Crippen LogP contribution in [0, 0.1) is 6.92 Å². The van der Waals surface area contributed by atoms with Crippen LogP contribution >= 0.6 is 0 Å². The number of rotatable bonds is 4. The fourth-order valence-corrected chi connectivity index (χ4v) is 4.77. The van der Waals surface area contributed by atoms with Crippen LogP contribution in [0.15, 0.2) is 64.8 Å². The van der Waals surface area contributed by atoms with E-state index < -0.39 is 15.8 Å². The van der Waals surface area contributed by atoms with Gasteiger partial charge in [0.15, 0.2) is 0 Å². The summed E-state index contributed by atoms with van der Waals surface area (Å²) in [7, 11) is -2.05. The molecule has 0 saturated carbocycles. The fourth-order valence-electron chi connectivity index (χ4n) is 3.70. The maximum absolute atomic E-state index is 13.3. The third kappa shape index (κ3) is 3.64. The van der Waals surface area contributed by atoms with Gasteiger partial charge in [-0.3, -0.25) is 14.3 Å². The third-order valence-corrected chi connectivity index (χ3v) is 6.85. The molecule has 7 nitrogen and oxygen atoms in total. The van der Waals surface area contributed by atoms with E-state index in [1.54, 1.807) is 36.4 Å². The number of fused-ring (bicyclic) bond motifs is 1. The molecule has 0 atom stereocenters. The molecule has 0 aromatic heterocycles. The van der Waals surface area contributed by atoms with Crippen LogP contribution in [-0.2, 0) is 10.0 Å². The minimum absolute atomic E-state index is 0.0393. The lowest BCUT2D eigenvalue weighted by molar-refractivity contribution is 0.0913. The number of carbonyl (C=O) groups excluding carboxylic acids is 2. The maximum atomic E-state index is 13.3. The minimum Gasteiger partial charge on any atom is -0.364 e. The number of carbonyl (C=O) groups is 2. The molecule has 8 heteroatoms. The van der Waals surface area contributed by atoms with Crippen molar-refractivity contribution >= 4 is 21.6 Å². The quantitative estimate of drug-likeness (QED) is 0.804. The first kappa shape index (κ1) is 20.3. The van der Waals surface area contributed by atoms with E-state index >= 15 is 0 Å². The van der Waals surface area contributed by atoms with Crippen LogP contribution in [0.4, 0.5) is 0 Å². The summed E-state index contributed by atoms with van der Waals surface area (Å²) in [6.45, 7) is 4.35. The van der Waals surface area contributed by atoms with Gasteiger partial charge in [-0.2, -0.15) is 0 Å². The highest BCUT2D eigenvalue weighted by Crippen LogP contribution is 2.29. The lowest BCUT2D eigenvalue weighted by atomic mass is 9.90. The summed E-state index contributed by atoms with van der Waals surface area (Å²) in [6.07, 6.45) is 0. The van der Waals surface area contributed by atoms with Crippen LogP contribution in [0.25, 0.3) is 0 Å². The number of hydrogen-bond donors (Lipinski definition) is 1. The average Bonchev–Trinajstić information content (AvgIpc) is 2.73. The molecule has 1 heterocycles. The van der Waals surface area contributed by atoms with Crippen molar-refractivity contribution in [2.75, 3.05) is 33.2 Å². The van der Waals surface area contributed by atoms with Crippen LogP contribution < -0.4 is 4.72 Å². The highest BCUT2D eigenvalue weighted by molar-refractivity contribution is 7.89. The molecule has 0 amide bonds. The van der Waals surface area contributed by atoms with Crippen LogP contribution in [0.2, 0.25) is 0 Å². The van der Waals surface area contributed by atoms with Crippen LogP contribution in [0.3, 0.4) is 0 Å². The molecule has 156 valence electrons. The third-order valence-electron chi connectivity index (χ3n) is 5.48. The Kier molecular flexibility index (Phi) is 5.21. The molecule has 1 aliphatic heterocycles. The second kappa shape index (κ2) is 7.70. The van der Waals surface area contributed by atoms with E-state index in [0.717, 1.165) is 5.56 Å². The van der Waals surface area contributed by atoms with E-state index in [9.17, 15) is 18.0 Å². The fraction of sp³-hybridized carbons (Fsp3) is 0.273. The first-order valence-electron chi connectivity index (χ1n) is 9.73. The number of nitrogens with one attached hydrogen (secondary N) is 1. The van der Waals surface area contributed by atoms with Crippen molar-refractivity contribution in [2.45, 2.75) is 11.8 Å². The lowest BCUT2D eigenvalue weighted by Crippen LogP contribution is -2.48. The van der Waals surface area contributed by atoms with Gasteiger partial charge in [0.05, 0.1) is 4.90 Å². The first-order valence-corrected chi connectivity index (χ1v) is 11.2. The van der Waals surface area contributed by atoms with Gasteiger partial charge in [0.1, 0.15) is 11.4 Å². The molecule has 0 bridgehead atoms. The van der Waals surface area contributed by atoms with Crippen molar-refractivity contribution < 1.29 is 18.0 Å². The summed E-state index contributed by atoms with van der Waals surface area (Å²) in [5.74, 6) is -0.828. The highest BCUT2D eigenvalue weighted by atomic mass is 32.2. The Morgan fingerprint density at radius 2 is 1.40 bits per heavy atom. The zero-order valence-corrected chi connectivity index (χ0v) is 17.7. The molecule has 0 unspecified atom stereocenters. The average molecular weight is 426 g/mol. The number of piperazine rings is 1. The second-order valence-corrected chi connectivity index (χ2v) is 9.32. The van der Waals surface area contributed by atoms with Gasteiger partial charge in [-0.25, -0.2) is 8.42 Å². The van der Waals surface area contributed by atoms with E-state index in [-0.39, 0.29) is 27.6 Å². The predicted molar refractivity (Wildman–Crippen MR) is 113 cm³/mol. The van der Waals surface area contributed by atoms with Crippen molar-refractivity contribution in [2.24, 2.45) is 0 Å². The van der Waals surface area contributed by atoms with Gasteiger partial charge in [0.2, 0.25) is 11.6 Å². The van der Waals surface area contributed by atoms with E-state index in [1.165, 1.54) is 12.1 Å². The molecule has 2 aromatic carbocycles. The van der Waals surface area contributed by atoms with Crippen molar-refractivity contribution in [1.82, 2.24) is 14.5 Å². The topological polar surface area (TPSA) is 86.8 Å². The zero-order chi connectivity index (χ0) is 21.5. The van der Waals surface area contributed by atoms with Gasteiger partial charge < -0.3 is 9.80 Å². The highest BCUT2D eigenvalue weighted by Gasteiger charge is 2.37. The second-order valence-electron chi connectivity index (χ2n) is 7.64. The number of nitrogens with zero attached hydrogens (tertiary/aromatic N) is 2. The number of aryl methyl sites for hydroxylation is 1. The van der Waals surface area contributed by atoms with Crippen molar-refractivity contribution in [1.29, 1.82) is 0 Å². The zero-order valence-electron chi connectivity index (χ0n) is 16.9. The number of ketones is 2. The molecular weight excluding hydrogens is 402 g/mol. The molecule has 1 saturated heterocycles. The van der Waals surface area contributed by atoms with Gasteiger partial charge in [0.25, 0.3) is 10.0 Å². The van der Waals surface area contributed by atoms with Crippen molar-refractivity contribution in [3.8, 4) is 0 Å². The summed E-state index contributed by atoms with van der Waals surface area (Å²) in [5, 5.41) is 0. The van der Waals surface area contributed by atoms with E-state index in [1.807, 2.05) is 18.9 Å². The summed E-state index contributed by atoms with van der Waals surface area (Å²) < 4.78 is 28.5. The Hall–Kier alpha value is -2.97. The number of benzene rings is 2. The van der Waals surface area contributed by atoms with Gasteiger partial charge >= 0.3 is 0 Å². The molecule has 2 aromatic rings. The van der Waals surface area contributed by atoms with E-state index in [2.05, 4.69) is 9.62 Å². The van der Waals surface area contributed by atoms with E-state index in [0.29, 0.717) is 31.7 Å². The Morgan fingerprint density at radius 1 is 0.833 bits per heavy atom. The summed E-state index contributed by atoms with van der Waals surface area (Å²) in [6, 6.07) is 12.9. The molecule has 0 spiro atoms. The van der Waals surface area contributed by atoms with Gasteiger partial charge in [-0.1, -0.05) is 42.0 Å². The number of hydrogen-bond acceptors (Lipinski definition) is 6. The largest absolute Gasteiger partial charge is 0.364 e. The monoisotopic (exact) mass is 425 g/mol. The van der Waals surface area contributed by atoms with Crippen LogP contribution in [-0.4, -0.2) is 63.0 Å². The summed E-state index contributed by atoms with van der Waals surface area (Å²) in [4.78, 5) is 30.6. The van der Waals surface area contributed by atoms with Crippen LogP contribution in [0.1, 0.15) is 26.3 Å². The molecule has 1 N–H and O–H groups in total. The molecular formula is C22H23N3O4S. The number of likely N-dealkylation sites (N-methyl/N-ethyl adjacent to an activating group) is 1. The van der Waals surface area contributed by atoms with Gasteiger partial charge in [-0.05, 0) is 26.1 Å². The smallest absolute Gasteiger partial charge is 0.262 e. The summed E-state index contributed by atoms with van der Waals surface area (Å²) in [5.41, 5.74) is 1.38. The molecule has 0 radical (unpaired) electrons. The number of allylic oxidation sites excluding steroid dienone is 2. The van der Waals surface area contributed by atoms with E-state index in [4.69, 9.17) is 0 Å². The van der Waals surface area contributed by atoms with Crippen LogP contribution in [0.5, 0.6) is 0 Å². The van der Waals surface area contributed by atoms with Crippen molar-refractivity contribution in [3.63, 3.8) is 0 Å². The lowest BCUT2D eigenvalue weighted by Gasteiger charge is -2.37. The molecule has 1 aliphatic carbocycles. The standard InChI is InChI=1S/C22H23N3O4S/c1-15-7-9-16(10-8-15)30(28,29)23-19-20(25-13-11-24(2)12-14-25)22(27)18-6-4-3-5-17(18)21(19)26/h3-10,23H,11-14H2,1-2H3. The normalized spacial score (nSPS) is 17.9. The van der Waals surface area contributed by atoms with Gasteiger partial charge in [0, 0.05) is 37.3 Å². The molecule has 2 aliphatic rings. The minimum atomic E-state index is -4.04. The molecule has 1 fully saturated rings. The molecule has 4 rings (SSSR count). The number of sulfonamides is 1. The SMILES string of the molecule is Cc1ccc(S(=O)(=O)NC2=C(N3CCN(C)CC3)C(=O)c3ccccc3C2=O)cc1. The Bertz CT molecular complexity index is 1150. The molecule has 30 heavy (non-hydrogen) atoms. The Morgan fingerprint density at radius 3 is 2.00 bits per heavy atom. The van der Waals surface area contributed by atoms with Crippen molar-refractivity contribution in [3.05, 3.63) is 76.6 Å². The number of Topliss-reactive ketones (excluding diaryl/α,β-unsaturated/α-hetero) is 2. The summed E-state index contributed by atoms with van der Waals surface area (Å²) >= 11 is 0.